The molecule has 1 nitrogen and oxygen atoms in total. The molecule has 3 rings (SSSR count). The molecule has 3 saturated carbocycles. The molecule has 0 saturated heterocycles. The van der Waals surface area contributed by atoms with E-state index >= 15 is 0 Å². The van der Waals surface area contributed by atoms with Gasteiger partial charge in [0.1, 0.15) is 0 Å². The van der Waals surface area contributed by atoms with Crippen LogP contribution < -0.4 is 5.32 Å². The summed E-state index contributed by atoms with van der Waals surface area (Å²) in [6.45, 7) is 3.51. The highest BCUT2D eigenvalue weighted by atomic mass is 15.0. The van der Waals surface area contributed by atoms with Gasteiger partial charge in [0.15, 0.2) is 0 Å². The van der Waals surface area contributed by atoms with Crippen molar-refractivity contribution in [3.8, 4) is 0 Å². The normalized spacial score (nSPS) is 51.9. The first-order valence-electron chi connectivity index (χ1n) is 6.13. The number of hydrogen-bond acceptors (Lipinski definition) is 1. The first-order valence-corrected chi connectivity index (χ1v) is 6.13. The van der Waals surface area contributed by atoms with Crippen LogP contribution in [0.2, 0.25) is 0 Å². The van der Waals surface area contributed by atoms with Crippen molar-refractivity contribution in [1.82, 2.24) is 5.32 Å². The van der Waals surface area contributed by atoms with Gasteiger partial charge in [0.05, 0.1) is 0 Å². The molecule has 0 aromatic heterocycles. The van der Waals surface area contributed by atoms with E-state index in [2.05, 4.69) is 12.2 Å². The quantitative estimate of drug-likeness (QED) is 0.701. The minimum absolute atomic E-state index is 0.917. The lowest BCUT2D eigenvalue weighted by atomic mass is 9.62. The Hall–Kier alpha value is -0.0400. The van der Waals surface area contributed by atoms with Gasteiger partial charge < -0.3 is 5.32 Å². The van der Waals surface area contributed by atoms with Crippen LogP contribution in [0.25, 0.3) is 0 Å². The lowest BCUT2D eigenvalue weighted by Crippen LogP contribution is -2.52. The maximum Gasteiger partial charge on any atom is 0.0104 e. The fourth-order valence-corrected chi connectivity index (χ4v) is 4.24. The average molecular weight is 179 g/mol. The molecule has 13 heavy (non-hydrogen) atoms. The van der Waals surface area contributed by atoms with Crippen LogP contribution >= 0.6 is 0 Å². The summed E-state index contributed by atoms with van der Waals surface area (Å²) in [6, 6.07) is 0.917. The zero-order chi connectivity index (χ0) is 8.84. The van der Waals surface area contributed by atoms with Crippen LogP contribution in [0.3, 0.4) is 0 Å². The highest BCUT2D eigenvalue weighted by Gasteiger charge is 2.56. The minimum atomic E-state index is 0.917. The summed E-state index contributed by atoms with van der Waals surface area (Å²) in [5.41, 5.74) is 0. The van der Waals surface area contributed by atoms with Crippen LogP contribution in [0.15, 0.2) is 0 Å². The van der Waals surface area contributed by atoms with Gasteiger partial charge in [-0.1, -0.05) is 6.92 Å². The van der Waals surface area contributed by atoms with E-state index in [1.165, 1.54) is 19.4 Å². The zero-order valence-electron chi connectivity index (χ0n) is 8.63. The van der Waals surface area contributed by atoms with Crippen molar-refractivity contribution in [2.24, 2.45) is 23.7 Å². The third kappa shape index (κ3) is 1.09. The smallest absolute Gasteiger partial charge is 0.0104 e. The van der Waals surface area contributed by atoms with Gasteiger partial charge in [0.25, 0.3) is 0 Å². The fourth-order valence-electron chi connectivity index (χ4n) is 4.24. The summed E-state index contributed by atoms with van der Waals surface area (Å²) in [5.74, 6) is 4.52. The predicted molar refractivity (Wildman–Crippen MR) is 54.5 cm³/mol. The van der Waals surface area contributed by atoms with Gasteiger partial charge in [-0.25, -0.2) is 0 Å². The van der Waals surface area contributed by atoms with E-state index in [4.69, 9.17) is 0 Å². The molecule has 3 aliphatic rings. The molecule has 0 spiro atoms. The van der Waals surface area contributed by atoms with Gasteiger partial charge in [0.2, 0.25) is 0 Å². The summed E-state index contributed by atoms with van der Waals surface area (Å²) in [7, 11) is 0. The molecule has 0 radical (unpaired) electrons. The third-order valence-electron chi connectivity index (χ3n) is 4.81. The Kier molecular flexibility index (Phi) is 1.90. The lowest BCUT2D eigenvalue weighted by molar-refractivity contribution is 0.0500. The highest BCUT2D eigenvalue weighted by molar-refractivity contribution is 5.08. The second-order valence-electron chi connectivity index (χ2n) is 5.37. The molecule has 1 N–H and O–H groups in total. The summed E-state index contributed by atoms with van der Waals surface area (Å²) in [5, 5.41) is 3.73. The molecular weight excluding hydrogens is 158 g/mol. The molecule has 0 aromatic carbocycles. The molecular formula is C12H21N. The Morgan fingerprint density at radius 1 is 1.15 bits per heavy atom. The number of rotatable bonds is 3. The molecule has 0 heterocycles. The molecule has 0 aromatic rings. The summed E-state index contributed by atoms with van der Waals surface area (Å²) in [4.78, 5) is 0. The maximum absolute atomic E-state index is 3.73. The Morgan fingerprint density at radius 2 is 2.00 bits per heavy atom. The van der Waals surface area contributed by atoms with Crippen molar-refractivity contribution in [2.75, 3.05) is 6.54 Å². The molecule has 3 aliphatic carbocycles. The van der Waals surface area contributed by atoms with Crippen molar-refractivity contribution >= 4 is 0 Å². The van der Waals surface area contributed by atoms with E-state index in [1.54, 1.807) is 19.3 Å². The Bertz CT molecular complexity index is 199. The molecule has 74 valence electrons. The van der Waals surface area contributed by atoms with Gasteiger partial charge >= 0.3 is 0 Å². The van der Waals surface area contributed by atoms with Crippen LogP contribution in [-0.4, -0.2) is 12.6 Å². The van der Waals surface area contributed by atoms with E-state index < -0.39 is 0 Å². The Balaban J connectivity index is 1.60. The first-order chi connectivity index (χ1) is 6.40. The van der Waals surface area contributed by atoms with Crippen molar-refractivity contribution < 1.29 is 0 Å². The summed E-state index contributed by atoms with van der Waals surface area (Å²) in [6.07, 6.45) is 7.50. The molecule has 0 aliphatic heterocycles. The maximum atomic E-state index is 3.73. The Morgan fingerprint density at radius 3 is 2.77 bits per heavy atom. The third-order valence-corrected chi connectivity index (χ3v) is 4.81. The highest BCUT2D eigenvalue weighted by Crippen LogP contribution is 2.60. The topological polar surface area (TPSA) is 12.0 Å². The largest absolute Gasteiger partial charge is 0.314 e. The number of nitrogens with one attached hydrogen (secondary N) is 1. The summed E-state index contributed by atoms with van der Waals surface area (Å²) < 4.78 is 0. The van der Waals surface area contributed by atoms with E-state index in [9.17, 15) is 0 Å². The van der Waals surface area contributed by atoms with E-state index in [0.717, 1.165) is 29.7 Å². The second kappa shape index (κ2) is 2.98. The number of hydrogen-bond donors (Lipinski definition) is 1. The van der Waals surface area contributed by atoms with Gasteiger partial charge in [-0.2, -0.15) is 0 Å². The standard InChI is InChI=1S/C12H21N/c1-2-5-13-11-7-10-8-3-4-9(6-8)12(10)11/h8-13H,2-7H2,1H3. The fraction of sp³-hybridized carbons (Fsp3) is 1.00. The minimum Gasteiger partial charge on any atom is -0.314 e. The Labute approximate surface area is 81.3 Å². The molecule has 5 atom stereocenters. The van der Waals surface area contributed by atoms with E-state index in [0.29, 0.717) is 0 Å². The number of fused-ring (bicyclic) bond motifs is 5. The van der Waals surface area contributed by atoms with Gasteiger partial charge in [-0.05, 0) is 62.3 Å². The molecule has 2 bridgehead atoms. The lowest BCUT2D eigenvalue weighted by Gasteiger charge is -2.48. The van der Waals surface area contributed by atoms with Gasteiger partial charge in [0, 0.05) is 6.04 Å². The van der Waals surface area contributed by atoms with Crippen LogP contribution in [0.4, 0.5) is 0 Å². The van der Waals surface area contributed by atoms with Crippen molar-refractivity contribution in [1.29, 1.82) is 0 Å². The van der Waals surface area contributed by atoms with Crippen LogP contribution in [0.5, 0.6) is 0 Å². The van der Waals surface area contributed by atoms with Gasteiger partial charge in [-0.15, -0.1) is 0 Å². The van der Waals surface area contributed by atoms with Crippen molar-refractivity contribution in [3.05, 3.63) is 0 Å². The molecule has 3 fully saturated rings. The first kappa shape index (κ1) is 8.28. The van der Waals surface area contributed by atoms with Crippen molar-refractivity contribution in [2.45, 2.75) is 45.1 Å². The zero-order valence-corrected chi connectivity index (χ0v) is 8.63. The van der Waals surface area contributed by atoms with Crippen LogP contribution in [0, 0.1) is 23.7 Å². The van der Waals surface area contributed by atoms with Gasteiger partial charge in [-0.3, -0.25) is 0 Å². The van der Waals surface area contributed by atoms with Crippen LogP contribution in [0.1, 0.15) is 39.0 Å². The molecule has 0 amide bonds. The van der Waals surface area contributed by atoms with Crippen molar-refractivity contribution in [3.63, 3.8) is 0 Å². The monoisotopic (exact) mass is 179 g/mol. The summed E-state index contributed by atoms with van der Waals surface area (Å²) >= 11 is 0. The molecule has 5 unspecified atom stereocenters. The predicted octanol–water partition coefficient (Wildman–Crippen LogP) is 2.42. The SMILES string of the molecule is CCCNC1CC2C3CCC(C3)C12. The average Bonchev–Trinajstić information content (AvgIpc) is 2.60. The van der Waals surface area contributed by atoms with Crippen LogP contribution in [-0.2, 0) is 0 Å². The second-order valence-corrected chi connectivity index (χ2v) is 5.37. The van der Waals surface area contributed by atoms with E-state index in [-0.39, 0.29) is 0 Å². The molecule has 1 heteroatoms. The van der Waals surface area contributed by atoms with E-state index in [1.807, 2.05) is 0 Å².